The number of aliphatic carboxylic acids is 3. The number of carboxylic acid groups (broad SMARTS) is 3. The van der Waals surface area contributed by atoms with Crippen LogP contribution in [0.2, 0.25) is 0 Å². The number of likely N-dealkylation sites (tertiary alicyclic amines) is 1. The van der Waals surface area contributed by atoms with Gasteiger partial charge < -0.3 is 138 Å². The topological polar surface area (TPSA) is 771 Å². The number of nitrogens with two attached hydrogens (primary N) is 4. The van der Waals surface area contributed by atoms with Crippen LogP contribution in [-0.2, 0) is 114 Å². The van der Waals surface area contributed by atoms with Crippen molar-refractivity contribution in [2.75, 3.05) is 26.3 Å². The molecule has 0 radical (unpaired) electrons. The highest BCUT2D eigenvalue weighted by atomic mass is 16.4. The van der Waals surface area contributed by atoms with E-state index in [1.165, 1.54) is 29.2 Å². The number of fused-ring (bicyclic) bond motifs is 1. The van der Waals surface area contributed by atoms with E-state index >= 15 is 9.59 Å². The lowest BCUT2D eigenvalue weighted by molar-refractivity contribution is -0.144. The lowest BCUT2D eigenvalue weighted by Crippen LogP contribution is -2.62. The highest BCUT2D eigenvalue weighted by Gasteiger charge is 2.43. The smallest absolute Gasteiger partial charge is 0.326 e. The second-order valence-electron chi connectivity index (χ2n) is 33.2. The van der Waals surface area contributed by atoms with Crippen LogP contribution in [0.15, 0.2) is 60.8 Å². The van der Waals surface area contributed by atoms with Crippen molar-refractivity contribution in [2.24, 2.45) is 40.7 Å². The quantitative estimate of drug-likeness (QED) is 0.0234. The van der Waals surface area contributed by atoms with Crippen LogP contribution in [0.1, 0.15) is 169 Å². The molecule has 0 spiro atoms. The van der Waals surface area contributed by atoms with E-state index in [-0.39, 0.29) is 76.3 Å². The third kappa shape index (κ3) is 38.1. The number of aliphatic hydroxyl groups is 3. The molecule has 3 aromatic rings. The number of carboxylic acids is 3. The molecule has 16 atom stereocenters. The normalized spacial score (nSPS) is 15.8. The number of carbonyl (C=O) groups excluding carboxylic acids is 18. The Labute approximate surface area is 754 Å². The molecule has 0 unspecified atom stereocenters. The molecule has 29 N–H and O–H groups in total. The van der Waals surface area contributed by atoms with E-state index in [0.717, 1.165) is 13.8 Å². The number of aromatic nitrogens is 1. The van der Waals surface area contributed by atoms with Crippen molar-refractivity contribution in [3.8, 4) is 0 Å². The van der Waals surface area contributed by atoms with Gasteiger partial charge in [0.2, 0.25) is 106 Å². The second kappa shape index (κ2) is 54.9. The minimum absolute atomic E-state index is 0.0154. The molecule has 47 heteroatoms. The monoisotopic (exact) mass is 1850 g/mol. The number of hydrogen-bond acceptors (Lipinski definition) is 25. The molecule has 4 rings (SSSR count). The largest absolute Gasteiger partial charge is 0.481 e. The molecule has 2 heterocycles. The Bertz CT molecular complexity index is 4510. The van der Waals surface area contributed by atoms with Gasteiger partial charge in [0.05, 0.1) is 32.2 Å². The van der Waals surface area contributed by atoms with Gasteiger partial charge in [-0.15, -0.1) is 0 Å². The molecule has 1 aliphatic rings. The van der Waals surface area contributed by atoms with Gasteiger partial charge in [0, 0.05) is 62.7 Å². The fourth-order valence-electron chi connectivity index (χ4n) is 14.1. The first-order valence-corrected chi connectivity index (χ1v) is 42.9. The van der Waals surface area contributed by atoms with Crippen molar-refractivity contribution in [1.29, 1.82) is 0 Å². The van der Waals surface area contributed by atoms with Crippen molar-refractivity contribution in [3.05, 3.63) is 71.9 Å². The van der Waals surface area contributed by atoms with Gasteiger partial charge >= 0.3 is 17.9 Å². The standard InChI is InChI=1S/C84H126N20O27/c1-41(2)31-54(96-78(124)58(37-68(114)115)98-80(126)62(40-106)102-76(122)56(34-46-17-10-9-11-18-46)99-82(128)69(44(7)107)103-73(119)53(25-28-67(112)113)92-71(117)51(23-26-64(86)109)93-79(125)61(39-105)90-45(8)108)74(120)97-57(35-47-38-89-49-20-13-12-19-48(47)49)77(123)91-50(21-14-15-29-85)70(116)95-55(32-42(3)4)75(121)100-59(33-43(5)6)83(129)104-30-16-22-63(104)81(127)94-52(24-27-65(87)110)72(118)101-60(84(130)131)36-66(88)111/h9-13,17-20,38,41-44,50-63,69,89,105-107H,14-16,21-37,39-40,85H2,1-8H3,(H2,86,109)(H2,87,110)(H2,88,111)(H,90,108)(H,91,123)(H,92,117)(H,93,125)(H,94,127)(H,95,116)(H,96,124)(H,97,120)(H,98,126)(H,99,128)(H,100,121)(H,101,118)(H,102,122)(H,103,119)(H,112,113)(H,114,115)(H,130,131)/t44-,50+,51+,52+,53+,54+,55+,56+,57+,58+,59+,60+,61+,62+,63+,69+/m1/s1. The Balaban J connectivity index is 1.65. The predicted molar refractivity (Wildman–Crippen MR) is 464 cm³/mol. The van der Waals surface area contributed by atoms with Gasteiger partial charge in [-0.05, 0) is 119 Å². The van der Waals surface area contributed by atoms with E-state index < -0.39 is 298 Å². The zero-order valence-electron chi connectivity index (χ0n) is 74.3. The van der Waals surface area contributed by atoms with Gasteiger partial charge in [0.25, 0.3) is 0 Å². The average Bonchev–Trinajstić information content (AvgIpc) is 1.69. The minimum Gasteiger partial charge on any atom is -0.481 e. The molecule has 0 aliphatic carbocycles. The molecule has 2 aromatic carbocycles. The van der Waals surface area contributed by atoms with Gasteiger partial charge in [-0.3, -0.25) is 95.9 Å². The van der Waals surface area contributed by atoms with Crippen LogP contribution in [0.5, 0.6) is 0 Å². The summed E-state index contributed by atoms with van der Waals surface area (Å²) in [6, 6.07) is -11.1. The van der Waals surface area contributed by atoms with Crippen molar-refractivity contribution < 1.29 is 131 Å². The van der Waals surface area contributed by atoms with Crippen molar-refractivity contribution in [1.82, 2.24) is 84.3 Å². The highest BCUT2D eigenvalue weighted by molar-refractivity contribution is 6.02. The molecule has 1 fully saturated rings. The third-order valence-electron chi connectivity index (χ3n) is 20.8. The number of H-pyrrole nitrogens is 1. The molecule has 1 saturated heterocycles. The number of carbonyl (C=O) groups is 21. The number of rotatable bonds is 59. The first-order valence-electron chi connectivity index (χ1n) is 42.9. The predicted octanol–water partition coefficient (Wildman–Crippen LogP) is -6.79. The third-order valence-corrected chi connectivity index (χ3v) is 20.8. The number of primary amides is 3. The summed E-state index contributed by atoms with van der Waals surface area (Å²) < 4.78 is 0. The lowest BCUT2D eigenvalue weighted by Gasteiger charge is -2.32. The van der Waals surface area contributed by atoms with Crippen LogP contribution in [0.3, 0.4) is 0 Å². The Morgan fingerprint density at radius 1 is 0.420 bits per heavy atom. The number of nitrogens with zero attached hydrogens (tertiary/aromatic N) is 1. The molecule has 0 bridgehead atoms. The van der Waals surface area contributed by atoms with Crippen LogP contribution >= 0.6 is 0 Å². The maximum absolute atomic E-state index is 15.2. The first kappa shape index (κ1) is 110. The number of nitrogens with one attached hydrogen (secondary N) is 15. The summed E-state index contributed by atoms with van der Waals surface area (Å²) in [5, 5.41) is 95.0. The SMILES string of the molecule is CC(=O)N[C@@H](CO)C(=O)N[C@@H](CCC(N)=O)C(=O)N[C@@H](CCC(=O)O)C(=O)N[C@H](C(=O)N[C@@H](Cc1ccccc1)C(=O)N[C@@H](CO)C(=O)N[C@@H](CC(=O)O)C(=O)N[C@@H](CC(C)C)C(=O)N[C@@H](Cc1c[nH]c2ccccc12)C(=O)N[C@@H](CCCCN)C(=O)N[C@@H](CC(C)C)C(=O)N[C@@H](CC(C)C)C(=O)N1CCC[C@H]1C(=O)N[C@@H](CCC(N)=O)C(=O)N[C@@H](CC(N)=O)C(=O)O)[C@@H](C)O. The lowest BCUT2D eigenvalue weighted by atomic mass is 9.98. The zero-order chi connectivity index (χ0) is 98.2. The summed E-state index contributed by atoms with van der Waals surface area (Å²) >= 11 is 0. The Morgan fingerprint density at radius 3 is 1.31 bits per heavy atom. The molecule has 47 nitrogen and oxygen atoms in total. The summed E-state index contributed by atoms with van der Waals surface area (Å²) in [4.78, 5) is 289. The maximum Gasteiger partial charge on any atom is 0.326 e. The molecule has 18 amide bonds. The van der Waals surface area contributed by atoms with Gasteiger partial charge in [0.15, 0.2) is 0 Å². The highest BCUT2D eigenvalue weighted by Crippen LogP contribution is 2.24. The van der Waals surface area contributed by atoms with Crippen LogP contribution in [-0.4, -0.2) is 288 Å². The van der Waals surface area contributed by atoms with Crippen LogP contribution in [0.4, 0.5) is 0 Å². The number of para-hydroxylation sites is 1. The average molecular weight is 1850 g/mol. The molecule has 1 aliphatic heterocycles. The van der Waals surface area contributed by atoms with E-state index in [1.54, 1.807) is 78.1 Å². The van der Waals surface area contributed by atoms with Gasteiger partial charge in [-0.25, -0.2) is 4.79 Å². The summed E-state index contributed by atoms with van der Waals surface area (Å²) in [6.45, 7) is 10.2. The van der Waals surface area contributed by atoms with Gasteiger partial charge in [-0.2, -0.15) is 0 Å². The number of unbranched alkanes of at least 4 members (excludes halogenated alkanes) is 1. The molecular weight excluding hydrogens is 1720 g/mol. The Kier molecular flexibility index (Phi) is 46.1. The summed E-state index contributed by atoms with van der Waals surface area (Å²) in [5.41, 5.74) is 23.1. The van der Waals surface area contributed by atoms with E-state index in [1.807, 2.05) is 0 Å². The zero-order valence-corrected chi connectivity index (χ0v) is 74.3. The molecule has 724 valence electrons. The van der Waals surface area contributed by atoms with Crippen LogP contribution in [0, 0.1) is 17.8 Å². The Hall–Kier alpha value is -13.3. The van der Waals surface area contributed by atoms with Crippen molar-refractivity contribution in [3.63, 3.8) is 0 Å². The van der Waals surface area contributed by atoms with E-state index in [0.29, 0.717) is 28.5 Å². The van der Waals surface area contributed by atoms with E-state index in [2.05, 4.69) is 79.4 Å². The van der Waals surface area contributed by atoms with E-state index in [4.69, 9.17) is 22.9 Å². The molecule has 131 heavy (non-hydrogen) atoms. The van der Waals surface area contributed by atoms with Crippen LogP contribution < -0.4 is 97.4 Å². The maximum atomic E-state index is 15.2. The second-order valence-corrected chi connectivity index (χ2v) is 33.2. The van der Waals surface area contributed by atoms with Gasteiger partial charge in [-0.1, -0.05) is 90.1 Å². The fraction of sp³-hybridized carbons (Fsp3) is 0.583. The number of benzene rings is 2. The van der Waals surface area contributed by atoms with Gasteiger partial charge in [0.1, 0.15) is 90.6 Å². The Morgan fingerprint density at radius 2 is 0.824 bits per heavy atom. The minimum atomic E-state index is -2.13. The molecule has 1 aromatic heterocycles. The van der Waals surface area contributed by atoms with Crippen LogP contribution in [0.25, 0.3) is 10.9 Å². The van der Waals surface area contributed by atoms with Crippen molar-refractivity contribution in [2.45, 2.75) is 268 Å². The van der Waals surface area contributed by atoms with Crippen molar-refractivity contribution >= 4 is 135 Å². The first-order chi connectivity index (χ1) is 61.7. The number of aliphatic hydroxyl groups excluding tert-OH is 3. The summed E-state index contributed by atoms with van der Waals surface area (Å²) in [6.07, 6.45) is -6.26. The number of aromatic amines is 1. The fourth-order valence-corrected chi connectivity index (χ4v) is 14.1. The van der Waals surface area contributed by atoms with E-state index in [9.17, 15) is 122 Å². The summed E-state index contributed by atoms with van der Waals surface area (Å²) in [7, 11) is 0. The summed E-state index contributed by atoms with van der Waals surface area (Å²) in [5.74, 6) is -25.3. The molecular formula is C84H126N20O27. The number of hydrogen-bond donors (Lipinski definition) is 25. The molecule has 0 saturated carbocycles. The number of amides is 18.